The zero-order chi connectivity index (χ0) is 20.3. The molecule has 0 aliphatic heterocycles. The van der Waals surface area contributed by atoms with Crippen LogP contribution in [0.25, 0.3) is 16.3 Å². The highest BCUT2D eigenvalue weighted by molar-refractivity contribution is 7.18. The number of ether oxygens (including phenoxy) is 1. The van der Waals surface area contributed by atoms with Crippen LogP contribution in [0.2, 0.25) is 0 Å². The molecule has 0 unspecified atom stereocenters. The second-order valence-corrected chi connectivity index (χ2v) is 9.20. The van der Waals surface area contributed by atoms with E-state index >= 15 is 0 Å². The zero-order valence-electron chi connectivity index (χ0n) is 17.0. The van der Waals surface area contributed by atoms with Crippen LogP contribution < -0.4 is 4.74 Å². The fraction of sp³-hybridized carbons (Fsp3) is 0.348. The Morgan fingerprint density at radius 3 is 2.68 bits per heavy atom. The molecule has 1 atom stereocenters. The molecule has 0 bridgehead atoms. The van der Waals surface area contributed by atoms with Crippen LogP contribution in [0.4, 0.5) is 0 Å². The molecule has 2 heterocycles. The molecule has 0 amide bonds. The van der Waals surface area contributed by atoms with Gasteiger partial charge in [-0.2, -0.15) is 0 Å². The molecule has 0 fully saturated rings. The number of benzene rings is 1. The van der Waals surface area contributed by atoms with Crippen LogP contribution in [0.15, 0.2) is 42.6 Å². The summed E-state index contributed by atoms with van der Waals surface area (Å²) in [5.41, 5.74) is 2.02. The van der Waals surface area contributed by atoms with Crippen LogP contribution in [0.1, 0.15) is 51.6 Å². The number of Topliss-reactive ketones (excluding diaryl/α,β-unsaturated/α-hetero) is 1. The summed E-state index contributed by atoms with van der Waals surface area (Å²) in [6.45, 7) is 10.2. The van der Waals surface area contributed by atoms with Gasteiger partial charge in [-0.15, -0.1) is 11.3 Å². The van der Waals surface area contributed by atoms with Crippen molar-refractivity contribution in [1.29, 1.82) is 0 Å². The number of hydrogen-bond acceptors (Lipinski definition) is 5. The molecule has 146 valence electrons. The number of fused-ring (bicyclic) bond motifs is 1. The summed E-state index contributed by atoms with van der Waals surface area (Å²) in [6, 6.07) is 9.74. The molecular formula is C23H26N2O2S. The van der Waals surface area contributed by atoms with Gasteiger partial charge in [-0.05, 0) is 36.6 Å². The van der Waals surface area contributed by atoms with E-state index in [4.69, 9.17) is 9.72 Å². The number of ketones is 1. The molecule has 3 rings (SSSR count). The first-order valence-corrected chi connectivity index (χ1v) is 10.2. The van der Waals surface area contributed by atoms with Crippen LogP contribution in [0.3, 0.4) is 0 Å². The molecule has 0 aliphatic rings. The summed E-state index contributed by atoms with van der Waals surface area (Å²) in [5.74, 6) is 1.72. The summed E-state index contributed by atoms with van der Waals surface area (Å²) in [6.07, 6.45) is 6.35. The molecule has 0 saturated carbocycles. The minimum atomic E-state index is 0.0392. The van der Waals surface area contributed by atoms with Gasteiger partial charge in [0.1, 0.15) is 11.5 Å². The van der Waals surface area contributed by atoms with Crippen molar-refractivity contribution in [3.8, 4) is 11.6 Å². The van der Waals surface area contributed by atoms with E-state index in [-0.39, 0.29) is 17.1 Å². The van der Waals surface area contributed by atoms with E-state index in [1.165, 1.54) is 0 Å². The number of pyridine rings is 1. The molecule has 3 aromatic rings. The van der Waals surface area contributed by atoms with Gasteiger partial charge in [0.15, 0.2) is 0 Å². The normalized spacial score (nSPS) is 13.2. The Labute approximate surface area is 170 Å². The van der Waals surface area contributed by atoms with E-state index in [2.05, 4.69) is 25.8 Å². The first-order valence-electron chi connectivity index (χ1n) is 9.43. The zero-order valence-corrected chi connectivity index (χ0v) is 17.8. The number of nitrogens with zero attached hydrogens (tertiary/aromatic N) is 2. The molecule has 5 heteroatoms. The van der Waals surface area contributed by atoms with Gasteiger partial charge in [-0.25, -0.2) is 9.97 Å². The lowest BCUT2D eigenvalue weighted by Gasteiger charge is -2.13. The fourth-order valence-corrected chi connectivity index (χ4v) is 3.81. The number of aromatic nitrogens is 2. The van der Waals surface area contributed by atoms with Gasteiger partial charge in [-0.1, -0.05) is 39.8 Å². The minimum absolute atomic E-state index is 0.0392. The van der Waals surface area contributed by atoms with E-state index < -0.39 is 0 Å². The monoisotopic (exact) mass is 394 g/mol. The average molecular weight is 395 g/mol. The predicted molar refractivity (Wildman–Crippen MR) is 116 cm³/mol. The largest absolute Gasteiger partial charge is 0.439 e. The maximum Gasteiger partial charge on any atom is 0.219 e. The standard InChI is InChI=1S/C23H26N2O2S/c1-15(12-16(2)26)6-7-17-8-11-21(24-14-17)27-18-9-10-19-20(13-18)28-22(25-19)23(3,4)5/h6-11,13-15H,12H2,1-5H3/b7-6+/t15-/m0/s1. The predicted octanol–water partition coefficient (Wildman–Crippen LogP) is 6.41. The van der Waals surface area contributed by atoms with E-state index in [0.29, 0.717) is 12.3 Å². The Bertz CT molecular complexity index is 998. The minimum Gasteiger partial charge on any atom is -0.439 e. The molecule has 28 heavy (non-hydrogen) atoms. The average Bonchev–Trinajstić information content (AvgIpc) is 3.04. The van der Waals surface area contributed by atoms with Crippen molar-refractivity contribution in [3.63, 3.8) is 0 Å². The van der Waals surface area contributed by atoms with Crippen molar-refractivity contribution in [3.05, 3.63) is 53.2 Å². The summed E-state index contributed by atoms with van der Waals surface area (Å²) in [4.78, 5) is 20.2. The lowest BCUT2D eigenvalue weighted by Crippen LogP contribution is -2.09. The van der Waals surface area contributed by atoms with Crippen LogP contribution in [0, 0.1) is 5.92 Å². The number of allylic oxidation sites excluding steroid dienone is 1. The number of thiazole rings is 1. The summed E-state index contributed by atoms with van der Waals surface area (Å²) < 4.78 is 7.03. The highest BCUT2D eigenvalue weighted by atomic mass is 32.1. The summed E-state index contributed by atoms with van der Waals surface area (Å²) >= 11 is 1.70. The van der Waals surface area contributed by atoms with E-state index in [1.807, 2.05) is 49.4 Å². The number of carbonyl (C=O) groups is 1. The highest BCUT2D eigenvalue weighted by Gasteiger charge is 2.19. The Balaban J connectivity index is 1.70. The third-order valence-corrected chi connectivity index (χ3v) is 5.65. The summed E-state index contributed by atoms with van der Waals surface area (Å²) in [7, 11) is 0. The van der Waals surface area contributed by atoms with Crippen LogP contribution in [0.5, 0.6) is 11.6 Å². The second-order valence-electron chi connectivity index (χ2n) is 8.17. The van der Waals surface area contributed by atoms with Crippen molar-refractivity contribution >= 4 is 33.4 Å². The van der Waals surface area contributed by atoms with Gasteiger partial charge in [-0.3, -0.25) is 0 Å². The highest BCUT2D eigenvalue weighted by Crippen LogP contribution is 2.33. The second kappa shape index (κ2) is 8.23. The third kappa shape index (κ3) is 5.26. The van der Waals surface area contributed by atoms with E-state index in [1.54, 1.807) is 24.5 Å². The molecule has 1 aromatic carbocycles. The van der Waals surface area contributed by atoms with Gasteiger partial charge < -0.3 is 9.53 Å². The van der Waals surface area contributed by atoms with Crippen LogP contribution in [-0.4, -0.2) is 15.8 Å². The lowest BCUT2D eigenvalue weighted by molar-refractivity contribution is -0.117. The molecule has 0 N–H and O–H groups in total. The van der Waals surface area contributed by atoms with Crippen molar-refractivity contribution in [2.45, 2.75) is 46.5 Å². The van der Waals surface area contributed by atoms with Gasteiger partial charge >= 0.3 is 0 Å². The number of hydrogen-bond donors (Lipinski definition) is 0. The van der Waals surface area contributed by atoms with Crippen molar-refractivity contribution in [2.75, 3.05) is 0 Å². The van der Waals surface area contributed by atoms with Gasteiger partial charge in [0.25, 0.3) is 0 Å². The first-order chi connectivity index (χ1) is 13.2. The Morgan fingerprint density at radius 2 is 2.04 bits per heavy atom. The molecule has 0 radical (unpaired) electrons. The number of carbonyl (C=O) groups excluding carboxylic acids is 1. The SMILES string of the molecule is CC(=O)C[C@@H](C)/C=C/c1ccc(Oc2ccc3nc(C(C)(C)C)sc3c2)nc1. The Morgan fingerprint density at radius 1 is 1.25 bits per heavy atom. The van der Waals surface area contributed by atoms with E-state index in [0.717, 1.165) is 26.5 Å². The van der Waals surface area contributed by atoms with Crippen molar-refractivity contribution < 1.29 is 9.53 Å². The quantitative estimate of drug-likeness (QED) is 0.485. The molecular weight excluding hydrogens is 368 g/mol. The Kier molecular flexibility index (Phi) is 5.94. The van der Waals surface area contributed by atoms with E-state index in [9.17, 15) is 4.79 Å². The first kappa shape index (κ1) is 20.2. The van der Waals surface area contributed by atoms with Gasteiger partial charge in [0.2, 0.25) is 5.88 Å². The fourth-order valence-electron chi connectivity index (χ4n) is 2.76. The van der Waals surface area contributed by atoms with Crippen LogP contribution >= 0.6 is 11.3 Å². The Hall–Kier alpha value is -2.53. The van der Waals surface area contributed by atoms with Gasteiger partial charge in [0.05, 0.1) is 15.2 Å². The molecule has 0 saturated heterocycles. The summed E-state index contributed by atoms with van der Waals surface area (Å²) in [5, 5.41) is 1.12. The molecule has 0 spiro atoms. The molecule has 2 aromatic heterocycles. The number of rotatable bonds is 6. The van der Waals surface area contributed by atoms with Gasteiger partial charge in [0, 0.05) is 30.2 Å². The third-order valence-electron chi connectivity index (χ3n) is 4.21. The van der Waals surface area contributed by atoms with Crippen molar-refractivity contribution in [2.24, 2.45) is 5.92 Å². The maximum atomic E-state index is 11.1. The lowest BCUT2D eigenvalue weighted by atomic mass is 9.98. The van der Waals surface area contributed by atoms with Crippen molar-refractivity contribution in [1.82, 2.24) is 9.97 Å². The molecule has 0 aliphatic carbocycles. The molecule has 4 nitrogen and oxygen atoms in total. The smallest absolute Gasteiger partial charge is 0.219 e. The maximum absolute atomic E-state index is 11.1. The van der Waals surface area contributed by atoms with Crippen LogP contribution in [-0.2, 0) is 10.2 Å². The topological polar surface area (TPSA) is 52.1 Å².